The lowest BCUT2D eigenvalue weighted by Gasteiger charge is -2.23. The van der Waals surface area contributed by atoms with E-state index in [4.69, 9.17) is 4.74 Å². The number of aromatic nitrogens is 1. The van der Waals surface area contributed by atoms with Gasteiger partial charge in [-0.2, -0.15) is 0 Å². The minimum Gasteiger partial charge on any atom is -0.452 e. The summed E-state index contributed by atoms with van der Waals surface area (Å²) in [5.41, 5.74) is 4.27. The van der Waals surface area contributed by atoms with Crippen molar-refractivity contribution in [1.82, 2.24) is 9.47 Å². The fourth-order valence-electron chi connectivity index (χ4n) is 3.72. The molecule has 0 aliphatic carbocycles. The highest BCUT2D eigenvalue weighted by Crippen LogP contribution is 2.23. The van der Waals surface area contributed by atoms with Crippen LogP contribution in [-0.4, -0.2) is 22.7 Å². The van der Waals surface area contributed by atoms with Crippen LogP contribution in [0.5, 0.6) is 0 Å². The van der Waals surface area contributed by atoms with Crippen LogP contribution in [0, 0.1) is 0 Å². The van der Waals surface area contributed by atoms with Crippen LogP contribution in [0.4, 0.5) is 4.79 Å². The van der Waals surface area contributed by atoms with E-state index in [9.17, 15) is 4.79 Å². The Labute approximate surface area is 171 Å². The largest absolute Gasteiger partial charge is 0.452 e. The summed E-state index contributed by atoms with van der Waals surface area (Å²) < 4.78 is 6.75. The van der Waals surface area contributed by atoms with Crippen LogP contribution in [0.2, 0.25) is 0 Å². The van der Waals surface area contributed by atoms with Crippen molar-refractivity contribution in [3.05, 3.63) is 108 Å². The van der Waals surface area contributed by atoms with E-state index in [1.807, 2.05) is 36.4 Å². The zero-order valence-electron chi connectivity index (χ0n) is 16.5. The van der Waals surface area contributed by atoms with Crippen LogP contribution in [0.15, 0.2) is 91.0 Å². The molecule has 0 aliphatic heterocycles. The second-order valence-electron chi connectivity index (χ2n) is 7.12. The quantitative estimate of drug-likeness (QED) is 0.443. The number of carbonyl (C=O) groups is 1. The summed E-state index contributed by atoms with van der Waals surface area (Å²) in [5.74, 6) is 0. The van der Waals surface area contributed by atoms with Gasteiger partial charge < -0.3 is 4.74 Å². The van der Waals surface area contributed by atoms with E-state index in [2.05, 4.69) is 59.5 Å². The van der Waals surface area contributed by atoms with Gasteiger partial charge in [0.2, 0.25) is 0 Å². The molecule has 0 atom stereocenters. The van der Waals surface area contributed by atoms with Crippen LogP contribution in [0.25, 0.3) is 10.9 Å². The fourth-order valence-corrected chi connectivity index (χ4v) is 3.72. The normalized spacial score (nSPS) is 11.1. The number of rotatable bonds is 6. The van der Waals surface area contributed by atoms with Gasteiger partial charge in [0.25, 0.3) is 0 Å². The smallest absolute Gasteiger partial charge is 0.418 e. The Morgan fingerprint density at radius 2 is 1.34 bits per heavy atom. The molecule has 0 saturated carbocycles. The molecule has 0 aliphatic rings. The summed E-state index contributed by atoms with van der Waals surface area (Å²) in [4.78, 5) is 14.9. The Hall–Kier alpha value is -3.37. The number of benzene rings is 3. The third-order valence-electron chi connectivity index (χ3n) is 5.03. The average Bonchev–Trinajstić information content (AvgIpc) is 3.12. The van der Waals surface area contributed by atoms with Crippen LogP contribution in [0.3, 0.4) is 0 Å². The lowest BCUT2D eigenvalue weighted by molar-refractivity contribution is 0.171. The zero-order chi connectivity index (χ0) is 20.1. The number of hydrogen-bond acceptors (Lipinski definition) is 3. The highest BCUT2D eigenvalue weighted by Gasteiger charge is 2.18. The number of ether oxygens (including phenoxy) is 1. The Morgan fingerprint density at radius 3 is 1.93 bits per heavy atom. The maximum atomic E-state index is 12.5. The monoisotopic (exact) mass is 384 g/mol. The molecule has 0 spiro atoms. The summed E-state index contributed by atoms with van der Waals surface area (Å²) in [6, 6.07) is 30.8. The molecule has 0 saturated heterocycles. The molecule has 0 bridgehead atoms. The molecule has 0 amide bonds. The van der Waals surface area contributed by atoms with Crippen molar-refractivity contribution in [1.29, 1.82) is 0 Å². The summed E-state index contributed by atoms with van der Waals surface area (Å²) in [7, 11) is 1.42. The third kappa shape index (κ3) is 4.39. The number of hydrogen-bond donors (Lipinski definition) is 0. The summed E-state index contributed by atoms with van der Waals surface area (Å²) >= 11 is 0. The van der Waals surface area contributed by atoms with Gasteiger partial charge in [0.15, 0.2) is 0 Å². The first-order chi connectivity index (χ1) is 14.2. The molecule has 3 aromatic carbocycles. The summed E-state index contributed by atoms with van der Waals surface area (Å²) in [5, 5.41) is 1.03. The summed E-state index contributed by atoms with van der Waals surface area (Å²) in [6.07, 6.45) is -0.361. The highest BCUT2D eigenvalue weighted by molar-refractivity contribution is 5.90. The number of fused-ring (bicyclic) bond motifs is 1. The second-order valence-corrected chi connectivity index (χ2v) is 7.12. The SMILES string of the molecule is COC(=O)n1c(CN(Cc2ccccc2)Cc2ccccc2)cc2ccccc21. The van der Waals surface area contributed by atoms with Gasteiger partial charge in [-0.3, -0.25) is 4.90 Å². The minimum absolute atomic E-state index is 0.361. The number of methoxy groups -OCH3 is 1. The van der Waals surface area contributed by atoms with Gasteiger partial charge in [0.1, 0.15) is 0 Å². The van der Waals surface area contributed by atoms with Crippen molar-refractivity contribution in [2.24, 2.45) is 0 Å². The van der Waals surface area contributed by atoms with Crippen LogP contribution < -0.4 is 0 Å². The third-order valence-corrected chi connectivity index (χ3v) is 5.03. The van der Waals surface area contributed by atoms with Crippen molar-refractivity contribution < 1.29 is 9.53 Å². The Bertz CT molecular complexity index is 1050. The van der Waals surface area contributed by atoms with Gasteiger partial charge >= 0.3 is 6.09 Å². The minimum atomic E-state index is -0.361. The fraction of sp³-hybridized carbons (Fsp3) is 0.160. The molecule has 146 valence electrons. The molecule has 1 heterocycles. The molecule has 1 aromatic heterocycles. The van der Waals surface area contributed by atoms with Gasteiger partial charge in [-0.25, -0.2) is 9.36 Å². The van der Waals surface area contributed by atoms with Gasteiger partial charge in [0, 0.05) is 30.7 Å². The molecular weight excluding hydrogens is 360 g/mol. The van der Waals surface area contributed by atoms with E-state index >= 15 is 0 Å². The van der Waals surface area contributed by atoms with Crippen molar-refractivity contribution >= 4 is 17.0 Å². The summed E-state index contributed by atoms with van der Waals surface area (Å²) in [6.45, 7) is 2.21. The molecule has 4 rings (SSSR count). The van der Waals surface area contributed by atoms with E-state index in [0.29, 0.717) is 6.54 Å². The van der Waals surface area contributed by atoms with E-state index in [1.165, 1.54) is 18.2 Å². The molecule has 0 radical (unpaired) electrons. The second kappa shape index (κ2) is 8.76. The van der Waals surface area contributed by atoms with Crippen LogP contribution in [0.1, 0.15) is 16.8 Å². The Balaban J connectivity index is 1.69. The van der Waals surface area contributed by atoms with E-state index in [-0.39, 0.29) is 6.09 Å². The predicted molar refractivity (Wildman–Crippen MR) is 116 cm³/mol. The first-order valence-corrected chi connectivity index (χ1v) is 9.72. The number of nitrogens with zero attached hydrogens (tertiary/aromatic N) is 2. The Morgan fingerprint density at radius 1 is 0.793 bits per heavy atom. The number of carbonyl (C=O) groups excluding carboxylic acids is 1. The van der Waals surface area contributed by atoms with Gasteiger partial charge in [-0.05, 0) is 23.3 Å². The van der Waals surface area contributed by atoms with Crippen molar-refractivity contribution in [2.75, 3.05) is 7.11 Å². The van der Waals surface area contributed by atoms with Crippen molar-refractivity contribution in [3.63, 3.8) is 0 Å². The standard InChI is InChI=1S/C25H24N2O2/c1-29-25(28)27-23(16-22-14-8-9-15-24(22)27)19-26(17-20-10-4-2-5-11-20)18-21-12-6-3-7-13-21/h2-16H,17-19H2,1H3. The van der Waals surface area contributed by atoms with Gasteiger partial charge in [-0.15, -0.1) is 0 Å². The van der Waals surface area contributed by atoms with Crippen molar-refractivity contribution in [2.45, 2.75) is 19.6 Å². The van der Waals surface area contributed by atoms with E-state index < -0.39 is 0 Å². The molecule has 0 fully saturated rings. The molecule has 4 nitrogen and oxygen atoms in total. The predicted octanol–water partition coefficient (Wildman–Crippen LogP) is 5.46. The molecule has 4 heteroatoms. The molecular formula is C25H24N2O2. The maximum absolute atomic E-state index is 12.5. The average molecular weight is 384 g/mol. The Kier molecular flexibility index (Phi) is 5.73. The zero-order valence-corrected chi connectivity index (χ0v) is 16.5. The maximum Gasteiger partial charge on any atom is 0.418 e. The van der Waals surface area contributed by atoms with Gasteiger partial charge in [0.05, 0.1) is 12.6 Å². The van der Waals surface area contributed by atoms with E-state index in [0.717, 1.165) is 29.7 Å². The van der Waals surface area contributed by atoms with Gasteiger partial charge in [-0.1, -0.05) is 78.9 Å². The topological polar surface area (TPSA) is 34.5 Å². The highest BCUT2D eigenvalue weighted by atomic mass is 16.5. The molecule has 0 N–H and O–H groups in total. The van der Waals surface area contributed by atoms with Crippen LogP contribution >= 0.6 is 0 Å². The molecule has 29 heavy (non-hydrogen) atoms. The lowest BCUT2D eigenvalue weighted by Crippen LogP contribution is -2.25. The van der Waals surface area contributed by atoms with Crippen molar-refractivity contribution in [3.8, 4) is 0 Å². The molecule has 4 aromatic rings. The lowest BCUT2D eigenvalue weighted by atomic mass is 10.1. The van der Waals surface area contributed by atoms with E-state index in [1.54, 1.807) is 4.57 Å². The first-order valence-electron chi connectivity index (χ1n) is 9.72. The number of para-hydroxylation sites is 1. The van der Waals surface area contributed by atoms with Crippen LogP contribution in [-0.2, 0) is 24.4 Å². The first kappa shape index (κ1) is 19.0. The molecule has 0 unspecified atom stereocenters.